The lowest BCUT2D eigenvalue weighted by molar-refractivity contribution is -0.899. The van der Waals surface area contributed by atoms with Gasteiger partial charge in [0.25, 0.3) is 5.78 Å². The summed E-state index contributed by atoms with van der Waals surface area (Å²) in [6.45, 7) is 3.97. The Balaban J connectivity index is 1.42. The summed E-state index contributed by atoms with van der Waals surface area (Å²) in [5.41, 5.74) is 2.28. The van der Waals surface area contributed by atoms with Gasteiger partial charge in [0.1, 0.15) is 0 Å². The van der Waals surface area contributed by atoms with Crippen molar-refractivity contribution in [3.63, 3.8) is 0 Å². The first-order valence-corrected chi connectivity index (χ1v) is 9.29. The lowest BCUT2D eigenvalue weighted by Gasteiger charge is -2.35. The fraction of sp³-hybridized carbons (Fsp3) is 0.263. The van der Waals surface area contributed by atoms with Crippen LogP contribution < -0.4 is 14.7 Å². The van der Waals surface area contributed by atoms with E-state index in [9.17, 15) is 9.59 Å². The maximum atomic E-state index is 12.3. The van der Waals surface area contributed by atoms with E-state index in [0.717, 1.165) is 37.6 Å². The van der Waals surface area contributed by atoms with Gasteiger partial charge in [0.15, 0.2) is 6.67 Å². The third-order valence-corrected chi connectivity index (χ3v) is 5.74. The summed E-state index contributed by atoms with van der Waals surface area (Å²) >= 11 is 12.1. The molecular weight excluding hydrogens is 373 g/mol. The predicted molar refractivity (Wildman–Crippen MR) is 102 cm³/mol. The molecule has 1 saturated heterocycles. The number of Topliss-reactive ketones (excluding diaryl/α,β-unsaturated/α-hetero) is 1. The fourth-order valence-corrected chi connectivity index (χ4v) is 3.84. The quantitative estimate of drug-likeness (QED) is 0.813. The van der Waals surface area contributed by atoms with E-state index in [1.807, 2.05) is 30.3 Å². The van der Waals surface area contributed by atoms with Gasteiger partial charge in [0.05, 0.1) is 47.5 Å². The van der Waals surface area contributed by atoms with Crippen LogP contribution in [-0.2, 0) is 4.79 Å². The summed E-state index contributed by atoms with van der Waals surface area (Å²) in [5.74, 6) is -0.833. The Morgan fingerprint density at radius 2 is 1.69 bits per heavy atom. The molecule has 2 aliphatic heterocycles. The van der Waals surface area contributed by atoms with Gasteiger partial charge in [0.2, 0.25) is 0 Å². The van der Waals surface area contributed by atoms with Crippen molar-refractivity contribution < 1.29 is 14.5 Å². The van der Waals surface area contributed by atoms with Crippen molar-refractivity contribution in [1.29, 1.82) is 0 Å². The van der Waals surface area contributed by atoms with Crippen LogP contribution in [0.5, 0.6) is 0 Å². The third-order valence-electron chi connectivity index (χ3n) is 5.00. The topological polar surface area (TPSA) is 45.1 Å². The highest BCUT2D eigenvalue weighted by Gasteiger charge is 2.38. The normalized spacial score (nSPS) is 17.8. The molecule has 134 valence electrons. The zero-order valence-electron chi connectivity index (χ0n) is 14.0. The molecule has 4 rings (SSSR count). The second kappa shape index (κ2) is 6.91. The molecule has 7 heteroatoms. The Morgan fingerprint density at radius 1 is 0.962 bits per heavy atom. The number of piperazine rings is 1. The SMILES string of the molecule is O=C1C(=O)N(C[NH+]2CCN(c3ccc(Cl)c(Cl)c3)CC2)c2ccccc21. The largest absolute Gasteiger partial charge is 0.360 e. The molecule has 5 nitrogen and oxygen atoms in total. The molecule has 0 radical (unpaired) electrons. The number of fused-ring (bicyclic) bond motifs is 1. The number of halogens is 2. The summed E-state index contributed by atoms with van der Waals surface area (Å²) in [7, 11) is 0. The molecule has 0 atom stereocenters. The molecule has 2 aromatic rings. The summed E-state index contributed by atoms with van der Waals surface area (Å²) in [4.78, 5) is 29.6. The number of rotatable bonds is 3. The number of quaternary nitrogens is 1. The first kappa shape index (κ1) is 17.3. The molecule has 1 N–H and O–H groups in total. The molecule has 2 aromatic carbocycles. The zero-order valence-corrected chi connectivity index (χ0v) is 15.6. The highest BCUT2D eigenvalue weighted by Crippen LogP contribution is 2.28. The van der Waals surface area contributed by atoms with Gasteiger partial charge in [-0.05, 0) is 30.3 Å². The van der Waals surface area contributed by atoms with Crippen LogP contribution in [0.4, 0.5) is 11.4 Å². The molecule has 0 saturated carbocycles. The van der Waals surface area contributed by atoms with E-state index in [1.165, 1.54) is 4.90 Å². The average Bonchev–Trinajstić information content (AvgIpc) is 2.90. The minimum atomic E-state index is -0.425. The first-order valence-electron chi connectivity index (χ1n) is 8.53. The van der Waals surface area contributed by atoms with Gasteiger partial charge in [-0.2, -0.15) is 0 Å². The molecule has 0 spiro atoms. The number of hydrogen-bond acceptors (Lipinski definition) is 3. The molecule has 0 bridgehead atoms. The van der Waals surface area contributed by atoms with Crippen LogP contribution in [0.15, 0.2) is 42.5 Å². The van der Waals surface area contributed by atoms with Gasteiger partial charge >= 0.3 is 5.91 Å². The van der Waals surface area contributed by atoms with E-state index < -0.39 is 11.7 Å². The Bertz CT molecular complexity index is 879. The van der Waals surface area contributed by atoms with Gasteiger partial charge in [-0.25, -0.2) is 0 Å². The van der Waals surface area contributed by atoms with Crippen molar-refractivity contribution >= 4 is 46.3 Å². The summed E-state index contributed by atoms with van der Waals surface area (Å²) < 4.78 is 0. The Kier molecular flexibility index (Phi) is 4.61. The lowest BCUT2D eigenvalue weighted by Crippen LogP contribution is -3.16. The van der Waals surface area contributed by atoms with Gasteiger partial charge in [-0.15, -0.1) is 0 Å². The number of amides is 1. The molecule has 1 amide bonds. The predicted octanol–water partition coefficient (Wildman–Crippen LogP) is 1.89. The monoisotopic (exact) mass is 390 g/mol. The van der Waals surface area contributed by atoms with Crippen molar-refractivity contribution in [3.05, 3.63) is 58.1 Å². The second-order valence-corrected chi connectivity index (χ2v) is 7.39. The number of benzene rings is 2. The smallest absolute Gasteiger partial charge is 0.303 e. The minimum Gasteiger partial charge on any atom is -0.360 e. The molecule has 1 fully saturated rings. The Labute approximate surface area is 161 Å². The number of carbonyl (C=O) groups excluding carboxylic acids is 2. The van der Waals surface area contributed by atoms with Crippen LogP contribution in [0.3, 0.4) is 0 Å². The molecule has 26 heavy (non-hydrogen) atoms. The molecule has 0 aromatic heterocycles. The number of ketones is 1. The van der Waals surface area contributed by atoms with Gasteiger partial charge < -0.3 is 9.80 Å². The standard InChI is InChI=1S/C19H17Cl2N3O2/c20-15-6-5-13(11-16(15)21)23-9-7-22(8-10-23)12-24-17-4-2-1-3-14(17)18(25)19(24)26/h1-6,11H,7-10,12H2/p+1. The van der Waals surface area contributed by atoms with Crippen molar-refractivity contribution in [2.24, 2.45) is 0 Å². The van der Waals surface area contributed by atoms with Gasteiger partial charge in [-0.3, -0.25) is 14.5 Å². The van der Waals surface area contributed by atoms with Crippen molar-refractivity contribution in [2.45, 2.75) is 0 Å². The highest BCUT2D eigenvalue weighted by atomic mass is 35.5. The number of hydrogen-bond donors (Lipinski definition) is 1. The molecule has 0 aliphatic carbocycles. The van der Waals surface area contributed by atoms with Crippen LogP contribution in [-0.4, -0.2) is 44.5 Å². The summed E-state index contributed by atoms with van der Waals surface area (Å²) in [5, 5.41) is 1.10. The number of anilines is 2. The minimum absolute atomic E-state index is 0.408. The number of carbonyl (C=O) groups is 2. The van der Waals surface area contributed by atoms with Crippen molar-refractivity contribution in [1.82, 2.24) is 0 Å². The second-order valence-electron chi connectivity index (χ2n) is 6.57. The fourth-order valence-electron chi connectivity index (χ4n) is 3.55. The van der Waals surface area contributed by atoms with Gasteiger partial charge in [0, 0.05) is 5.69 Å². The maximum Gasteiger partial charge on any atom is 0.303 e. The molecule has 2 heterocycles. The maximum absolute atomic E-state index is 12.3. The third kappa shape index (κ3) is 3.07. The van der Waals surface area contributed by atoms with E-state index in [-0.39, 0.29) is 0 Å². The average molecular weight is 391 g/mol. The van der Waals surface area contributed by atoms with Crippen molar-refractivity contribution in [3.8, 4) is 0 Å². The summed E-state index contributed by atoms with van der Waals surface area (Å²) in [6.07, 6.45) is 0. The first-order chi connectivity index (χ1) is 12.5. The number of nitrogens with one attached hydrogen (secondary N) is 1. The van der Waals surface area contributed by atoms with E-state index >= 15 is 0 Å². The molecular formula is C19H18Cl2N3O2+. The summed E-state index contributed by atoms with van der Waals surface area (Å²) in [6, 6.07) is 12.9. The number of para-hydroxylation sites is 1. The van der Waals surface area contributed by atoms with Gasteiger partial charge in [-0.1, -0.05) is 35.3 Å². The Morgan fingerprint density at radius 3 is 2.42 bits per heavy atom. The van der Waals surface area contributed by atoms with Crippen molar-refractivity contribution in [2.75, 3.05) is 42.6 Å². The van der Waals surface area contributed by atoms with Crippen LogP contribution >= 0.6 is 23.2 Å². The van der Waals surface area contributed by atoms with E-state index in [4.69, 9.17) is 23.2 Å². The lowest BCUT2D eigenvalue weighted by atomic mass is 10.1. The number of nitrogens with zero attached hydrogens (tertiary/aromatic N) is 2. The van der Waals surface area contributed by atoms with E-state index in [1.54, 1.807) is 17.0 Å². The van der Waals surface area contributed by atoms with Crippen LogP contribution in [0.2, 0.25) is 10.0 Å². The zero-order chi connectivity index (χ0) is 18.3. The van der Waals surface area contributed by atoms with Crippen LogP contribution in [0.25, 0.3) is 0 Å². The van der Waals surface area contributed by atoms with E-state index in [0.29, 0.717) is 22.3 Å². The highest BCUT2D eigenvalue weighted by molar-refractivity contribution is 6.52. The molecule has 0 unspecified atom stereocenters. The van der Waals surface area contributed by atoms with Crippen LogP contribution in [0, 0.1) is 0 Å². The van der Waals surface area contributed by atoms with Crippen LogP contribution in [0.1, 0.15) is 10.4 Å². The van der Waals surface area contributed by atoms with E-state index in [2.05, 4.69) is 4.90 Å². The Hall–Kier alpha value is -2.08. The molecule has 2 aliphatic rings.